The molecule has 0 aliphatic heterocycles. The van der Waals surface area contributed by atoms with Crippen LogP contribution in [0.1, 0.15) is 49.5 Å². The number of fused-ring (bicyclic) bond motifs is 1. The Morgan fingerprint density at radius 3 is 2.89 bits per heavy atom. The van der Waals surface area contributed by atoms with Crippen molar-refractivity contribution in [1.29, 1.82) is 0 Å². The number of carbonyl (C=O) groups is 1. The Kier molecular flexibility index (Phi) is 2.62. The smallest absolute Gasteiger partial charge is 0.335 e. The summed E-state index contributed by atoms with van der Waals surface area (Å²) in [5.41, 5.74) is 2.37. The van der Waals surface area contributed by atoms with Gasteiger partial charge < -0.3 is 9.67 Å². The van der Waals surface area contributed by atoms with Gasteiger partial charge in [-0.3, -0.25) is 0 Å². The van der Waals surface area contributed by atoms with Crippen LogP contribution >= 0.6 is 0 Å². The lowest BCUT2D eigenvalue weighted by molar-refractivity contribution is 0.0697. The van der Waals surface area contributed by atoms with Gasteiger partial charge in [-0.2, -0.15) is 0 Å². The number of hydrogen-bond acceptors (Lipinski definition) is 2. The van der Waals surface area contributed by atoms with E-state index in [9.17, 15) is 4.79 Å². The summed E-state index contributed by atoms with van der Waals surface area (Å²) in [6.07, 6.45) is 5.49. The third-order valence-corrected chi connectivity index (χ3v) is 4.36. The van der Waals surface area contributed by atoms with Gasteiger partial charge >= 0.3 is 5.97 Å². The van der Waals surface area contributed by atoms with Gasteiger partial charge in [0.15, 0.2) is 0 Å². The van der Waals surface area contributed by atoms with Gasteiger partial charge in [0.25, 0.3) is 0 Å². The predicted molar refractivity (Wildman–Crippen MR) is 73.4 cm³/mol. The van der Waals surface area contributed by atoms with E-state index in [1.165, 1.54) is 19.3 Å². The Morgan fingerprint density at radius 2 is 2.26 bits per heavy atom. The molecule has 0 radical (unpaired) electrons. The largest absolute Gasteiger partial charge is 0.478 e. The molecule has 0 spiro atoms. The Morgan fingerprint density at radius 1 is 1.47 bits per heavy atom. The van der Waals surface area contributed by atoms with Gasteiger partial charge in [0.1, 0.15) is 0 Å². The molecule has 19 heavy (non-hydrogen) atoms. The van der Waals surface area contributed by atoms with Crippen LogP contribution in [0.2, 0.25) is 0 Å². The second-order valence-corrected chi connectivity index (χ2v) is 6.06. The molecule has 1 saturated carbocycles. The first-order valence-corrected chi connectivity index (χ1v) is 6.69. The van der Waals surface area contributed by atoms with Crippen LogP contribution in [-0.2, 0) is 0 Å². The van der Waals surface area contributed by atoms with E-state index in [4.69, 9.17) is 5.11 Å². The molecule has 1 aromatic heterocycles. The Balaban J connectivity index is 2.09. The average Bonchev–Trinajstić information content (AvgIpc) is 2.90. The van der Waals surface area contributed by atoms with Gasteiger partial charge in [-0.1, -0.05) is 20.3 Å². The molecule has 1 aliphatic carbocycles. The van der Waals surface area contributed by atoms with Crippen LogP contribution in [0.4, 0.5) is 0 Å². The van der Waals surface area contributed by atoms with E-state index in [-0.39, 0.29) is 5.41 Å². The van der Waals surface area contributed by atoms with Crippen molar-refractivity contribution in [2.45, 2.75) is 39.2 Å². The van der Waals surface area contributed by atoms with Crippen LogP contribution in [-0.4, -0.2) is 20.6 Å². The highest BCUT2D eigenvalue weighted by Crippen LogP contribution is 2.46. The summed E-state index contributed by atoms with van der Waals surface area (Å²) in [6, 6.07) is 5.63. The summed E-state index contributed by atoms with van der Waals surface area (Å²) in [7, 11) is 0. The maximum Gasteiger partial charge on any atom is 0.335 e. The van der Waals surface area contributed by atoms with E-state index in [0.29, 0.717) is 11.6 Å². The second-order valence-electron chi connectivity index (χ2n) is 6.06. The van der Waals surface area contributed by atoms with E-state index < -0.39 is 5.97 Å². The molecule has 4 nitrogen and oxygen atoms in total. The SMILES string of the molecule is CC1(C)CCCC1n1cnc2cc(C(=O)O)ccc21. The van der Waals surface area contributed by atoms with E-state index in [2.05, 4.69) is 23.4 Å². The van der Waals surface area contributed by atoms with E-state index in [1.54, 1.807) is 12.1 Å². The predicted octanol–water partition coefficient (Wildman–Crippen LogP) is 3.49. The Hall–Kier alpha value is -1.84. The number of carboxylic acid groups (broad SMARTS) is 1. The van der Waals surface area contributed by atoms with Crippen LogP contribution in [0.25, 0.3) is 11.0 Å². The molecule has 0 bridgehead atoms. The molecule has 2 aromatic rings. The number of aromatic carboxylic acids is 1. The molecule has 1 heterocycles. The molecule has 100 valence electrons. The summed E-state index contributed by atoms with van der Waals surface area (Å²) in [4.78, 5) is 15.3. The summed E-state index contributed by atoms with van der Waals surface area (Å²) < 4.78 is 2.22. The second kappa shape index (κ2) is 4.08. The minimum Gasteiger partial charge on any atom is -0.478 e. The van der Waals surface area contributed by atoms with Crippen molar-refractivity contribution in [3.8, 4) is 0 Å². The molecule has 3 rings (SSSR count). The maximum atomic E-state index is 11.0. The first kappa shape index (κ1) is 12.2. The third-order valence-electron chi connectivity index (χ3n) is 4.36. The third kappa shape index (κ3) is 1.91. The monoisotopic (exact) mass is 258 g/mol. The highest BCUT2D eigenvalue weighted by Gasteiger charge is 2.36. The van der Waals surface area contributed by atoms with Crippen LogP contribution in [0.3, 0.4) is 0 Å². The fourth-order valence-electron chi connectivity index (χ4n) is 3.24. The number of aromatic nitrogens is 2. The van der Waals surface area contributed by atoms with Crippen molar-refractivity contribution in [2.75, 3.05) is 0 Å². The highest BCUT2D eigenvalue weighted by atomic mass is 16.4. The molecular weight excluding hydrogens is 240 g/mol. The summed E-state index contributed by atoms with van der Waals surface area (Å²) >= 11 is 0. The first-order chi connectivity index (χ1) is 8.99. The van der Waals surface area contributed by atoms with E-state index in [1.807, 2.05) is 12.4 Å². The fraction of sp³-hybridized carbons (Fsp3) is 0.467. The molecule has 1 aromatic carbocycles. The van der Waals surface area contributed by atoms with Gasteiger partial charge in [0.05, 0.1) is 22.9 Å². The Bertz CT molecular complexity index is 643. The number of imidazole rings is 1. The van der Waals surface area contributed by atoms with Crippen LogP contribution < -0.4 is 0 Å². The number of carboxylic acids is 1. The quantitative estimate of drug-likeness (QED) is 0.897. The molecule has 0 saturated heterocycles. The minimum atomic E-state index is -0.905. The normalized spacial score (nSPS) is 21.9. The van der Waals surface area contributed by atoms with Gasteiger partial charge in [-0.25, -0.2) is 9.78 Å². The molecule has 1 unspecified atom stereocenters. The first-order valence-electron chi connectivity index (χ1n) is 6.69. The lowest BCUT2D eigenvalue weighted by Crippen LogP contribution is -2.20. The molecule has 1 atom stereocenters. The number of hydrogen-bond donors (Lipinski definition) is 1. The van der Waals surface area contributed by atoms with Crippen LogP contribution in [0.15, 0.2) is 24.5 Å². The lowest BCUT2D eigenvalue weighted by Gasteiger charge is -2.28. The van der Waals surface area contributed by atoms with Gasteiger partial charge in [-0.15, -0.1) is 0 Å². The number of nitrogens with zero attached hydrogens (tertiary/aromatic N) is 2. The van der Waals surface area contributed by atoms with Gasteiger partial charge in [-0.05, 0) is 36.5 Å². The lowest BCUT2D eigenvalue weighted by atomic mass is 9.87. The van der Waals surface area contributed by atoms with E-state index in [0.717, 1.165) is 11.0 Å². The number of rotatable bonds is 2. The molecule has 1 fully saturated rings. The highest BCUT2D eigenvalue weighted by molar-refractivity contribution is 5.92. The van der Waals surface area contributed by atoms with Crippen molar-refractivity contribution in [1.82, 2.24) is 9.55 Å². The van der Waals surface area contributed by atoms with Crippen molar-refractivity contribution < 1.29 is 9.90 Å². The molecule has 1 aliphatic rings. The molecular formula is C15H18N2O2. The fourth-order valence-corrected chi connectivity index (χ4v) is 3.24. The summed E-state index contributed by atoms with van der Waals surface area (Å²) in [6.45, 7) is 4.59. The maximum absolute atomic E-state index is 11.0. The standard InChI is InChI=1S/C15H18N2O2/c1-15(2)7-3-4-13(15)17-9-16-11-8-10(14(18)19)5-6-12(11)17/h5-6,8-9,13H,3-4,7H2,1-2H3,(H,18,19). The average molecular weight is 258 g/mol. The van der Waals surface area contributed by atoms with E-state index >= 15 is 0 Å². The van der Waals surface area contributed by atoms with Crippen LogP contribution in [0, 0.1) is 5.41 Å². The summed E-state index contributed by atoms with van der Waals surface area (Å²) in [5.74, 6) is -0.905. The van der Waals surface area contributed by atoms with Crippen molar-refractivity contribution in [3.05, 3.63) is 30.1 Å². The summed E-state index contributed by atoms with van der Waals surface area (Å²) in [5, 5.41) is 9.01. The number of benzene rings is 1. The molecule has 4 heteroatoms. The van der Waals surface area contributed by atoms with Gasteiger partial charge in [0, 0.05) is 6.04 Å². The topological polar surface area (TPSA) is 55.1 Å². The zero-order valence-electron chi connectivity index (χ0n) is 11.3. The zero-order valence-corrected chi connectivity index (χ0v) is 11.3. The van der Waals surface area contributed by atoms with Crippen molar-refractivity contribution >= 4 is 17.0 Å². The van der Waals surface area contributed by atoms with Gasteiger partial charge in [0.2, 0.25) is 0 Å². The molecule has 0 amide bonds. The zero-order chi connectivity index (χ0) is 13.6. The van der Waals surface area contributed by atoms with Crippen molar-refractivity contribution in [2.24, 2.45) is 5.41 Å². The van der Waals surface area contributed by atoms with Crippen molar-refractivity contribution in [3.63, 3.8) is 0 Å². The Labute approximate surface area is 112 Å². The minimum absolute atomic E-state index is 0.277. The molecule has 1 N–H and O–H groups in total. The van der Waals surface area contributed by atoms with Crippen LogP contribution in [0.5, 0.6) is 0 Å².